The topological polar surface area (TPSA) is 49.4 Å². The molecule has 1 saturated heterocycles. The van der Waals surface area contributed by atoms with E-state index in [-0.39, 0.29) is 18.4 Å². The van der Waals surface area contributed by atoms with Crippen molar-refractivity contribution < 1.29 is 9.59 Å². The van der Waals surface area contributed by atoms with Gasteiger partial charge in [0.1, 0.15) is 6.54 Å². The average molecular weight is 336 g/mol. The molecule has 2 aliphatic rings. The summed E-state index contributed by atoms with van der Waals surface area (Å²) in [5.41, 5.74) is 0.865. The number of rotatable bonds is 5. The Morgan fingerprint density at radius 1 is 1.32 bits per heavy atom. The van der Waals surface area contributed by atoms with Gasteiger partial charge in [-0.3, -0.25) is 9.59 Å². The summed E-state index contributed by atoms with van der Waals surface area (Å²) in [5, 5.41) is 3.63. The molecule has 1 heterocycles. The molecule has 1 aliphatic carbocycles. The second kappa shape index (κ2) is 7.42. The zero-order valence-corrected chi connectivity index (χ0v) is 14.0. The van der Waals surface area contributed by atoms with Gasteiger partial charge in [-0.2, -0.15) is 0 Å². The van der Waals surface area contributed by atoms with Crippen LogP contribution in [-0.4, -0.2) is 40.1 Å². The average Bonchev–Trinajstić information content (AvgIpc) is 3.14. The van der Waals surface area contributed by atoms with E-state index in [4.69, 9.17) is 0 Å². The minimum Gasteiger partial charge on any atom is -0.324 e. The summed E-state index contributed by atoms with van der Waals surface area (Å²) in [7, 11) is 0. The molecule has 0 aromatic heterocycles. The van der Waals surface area contributed by atoms with E-state index in [9.17, 15) is 9.59 Å². The molecule has 4 nitrogen and oxygen atoms in total. The number of hydrogen-bond acceptors (Lipinski definition) is 4. The Bertz CT molecular complexity index is 559. The molecule has 1 N–H and O–H groups in total. The van der Waals surface area contributed by atoms with Crippen molar-refractivity contribution in [2.24, 2.45) is 0 Å². The number of anilines is 1. The number of nitrogens with one attached hydrogen (secondary N) is 1. The van der Waals surface area contributed by atoms with Crippen LogP contribution in [0.5, 0.6) is 0 Å². The molecule has 3 rings (SSSR count). The third-order valence-corrected chi connectivity index (χ3v) is 6.28. The van der Waals surface area contributed by atoms with Crippen molar-refractivity contribution in [3.63, 3.8) is 0 Å². The van der Waals surface area contributed by atoms with Gasteiger partial charge in [0.2, 0.25) is 11.8 Å². The lowest BCUT2D eigenvalue weighted by Crippen LogP contribution is -2.34. The number of thioether (sulfide) groups is 2. The van der Waals surface area contributed by atoms with Crippen LogP contribution >= 0.6 is 23.5 Å². The summed E-state index contributed by atoms with van der Waals surface area (Å²) in [6, 6.07) is 7.95. The molecule has 1 aromatic carbocycles. The molecule has 0 spiro atoms. The molecule has 0 unspecified atom stereocenters. The lowest BCUT2D eigenvalue weighted by molar-refractivity contribution is -0.130. The number of carbonyl (C=O) groups is 2. The molecule has 0 bridgehead atoms. The highest BCUT2D eigenvalue weighted by molar-refractivity contribution is 8.00. The number of hydrogen-bond donors (Lipinski definition) is 1. The SMILES string of the molecule is O=C(CN1CSCC1=O)Nc1ccccc1SC1CCCC1. The Kier molecular flexibility index (Phi) is 5.31. The van der Waals surface area contributed by atoms with Crippen LogP contribution in [0.1, 0.15) is 25.7 Å². The Labute approximate surface area is 139 Å². The summed E-state index contributed by atoms with van der Waals surface area (Å²) < 4.78 is 0. The molecule has 118 valence electrons. The molecule has 2 fully saturated rings. The minimum absolute atomic E-state index is 0.0498. The Morgan fingerprint density at radius 2 is 2.09 bits per heavy atom. The fourth-order valence-electron chi connectivity index (χ4n) is 2.76. The van der Waals surface area contributed by atoms with Crippen LogP contribution in [0.3, 0.4) is 0 Å². The van der Waals surface area contributed by atoms with Crippen LogP contribution in [0, 0.1) is 0 Å². The first-order valence-corrected chi connectivity index (χ1v) is 9.67. The largest absolute Gasteiger partial charge is 0.324 e. The summed E-state index contributed by atoms with van der Waals surface area (Å²) in [5.74, 6) is 1.04. The van der Waals surface area contributed by atoms with E-state index in [0.29, 0.717) is 16.9 Å². The molecule has 1 aromatic rings. The van der Waals surface area contributed by atoms with E-state index in [0.717, 1.165) is 10.6 Å². The number of nitrogens with zero attached hydrogens (tertiary/aromatic N) is 1. The number of para-hydroxylation sites is 1. The summed E-state index contributed by atoms with van der Waals surface area (Å²) in [6.07, 6.45) is 5.13. The predicted molar refractivity (Wildman–Crippen MR) is 92.2 cm³/mol. The van der Waals surface area contributed by atoms with Crippen molar-refractivity contribution in [2.75, 3.05) is 23.5 Å². The third-order valence-electron chi connectivity index (χ3n) is 3.92. The van der Waals surface area contributed by atoms with Gasteiger partial charge >= 0.3 is 0 Å². The van der Waals surface area contributed by atoms with E-state index in [1.165, 1.54) is 25.7 Å². The van der Waals surface area contributed by atoms with Crippen molar-refractivity contribution in [2.45, 2.75) is 35.8 Å². The maximum atomic E-state index is 12.2. The van der Waals surface area contributed by atoms with Gasteiger partial charge in [0.05, 0.1) is 17.3 Å². The molecule has 0 atom stereocenters. The Hall–Kier alpha value is -1.14. The van der Waals surface area contributed by atoms with Gasteiger partial charge in [-0.15, -0.1) is 23.5 Å². The van der Waals surface area contributed by atoms with Gasteiger partial charge in [-0.25, -0.2) is 0 Å². The van der Waals surface area contributed by atoms with Gasteiger partial charge in [-0.1, -0.05) is 25.0 Å². The zero-order chi connectivity index (χ0) is 15.4. The fraction of sp³-hybridized carbons (Fsp3) is 0.500. The molecule has 6 heteroatoms. The number of carbonyl (C=O) groups excluding carboxylic acids is 2. The number of benzene rings is 1. The van der Waals surface area contributed by atoms with Crippen molar-refractivity contribution in [1.29, 1.82) is 0 Å². The second-order valence-corrected chi connectivity index (χ2v) is 7.94. The van der Waals surface area contributed by atoms with Crippen molar-refractivity contribution in [1.82, 2.24) is 4.90 Å². The van der Waals surface area contributed by atoms with E-state index >= 15 is 0 Å². The predicted octanol–water partition coefficient (Wildman–Crippen LogP) is 3.19. The minimum atomic E-state index is -0.115. The maximum Gasteiger partial charge on any atom is 0.244 e. The van der Waals surface area contributed by atoms with Gasteiger partial charge in [-0.05, 0) is 25.0 Å². The van der Waals surface area contributed by atoms with Gasteiger partial charge in [0, 0.05) is 10.1 Å². The van der Waals surface area contributed by atoms with Crippen LogP contribution < -0.4 is 5.32 Å². The van der Waals surface area contributed by atoms with Crippen LogP contribution in [0.25, 0.3) is 0 Å². The third kappa shape index (κ3) is 3.98. The first-order valence-electron chi connectivity index (χ1n) is 7.63. The monoisotopic (exact) mass is 336 g/mol. The van der Waals surface area contributed by atoms with Crippen LogP contribution in [0.4, 0.5) is 5.69 Å². The smallest absolute Gasteiger partial charge is 0.244 e. The summed E-state index contributed by atoms with van der Waals surface area (Å²) >= 11 is 3.42. The van der Waals surface area contributed by atoms with E-state index in [1.807, 2.05) is 30.0 Å². The highest BCUT2D eigenvalue weighted by Crippen LogP contribution is 2.37. The Balaban J connectivity index is 1.61. The Morgan fingerprint density at radius 3 is 2.82 bits per heavy atom. The molecule has 2 amide bonds. The van der Waals surface area contributed by atoms with Gasteiger partial charge in [0.15, 0.2) is 0 Å². The normalized spacial score (nSPS) is 18.9. The summed E-state index contributed by atoms with van der Waals surface area (Å²) in [6.45, 7) is 0.147. The van der Waals surface area contributed by atoms with Crippen molar-refractivity contribution in [3.8, 4) is 0 Å². The molecular formula is C16H20N2O2S2. The maximum absolute atomic E-state index is 12.2. The highest BCUT2D eigenvalue weighted by Gasteiger charge is 2.23. The lowest BCUT2D eigenvalue weighted by atomic mass is 10.3. The van der Waals surface area contributed by atoms with Gasteiger partial charge < -0.3 is 10.2 Å². The van der Waals surface area contributed by atoms with Crippen LogP contribution in [0.15, 0.2) is 29.2 Å². The van der Waals surface area contributed by atoms with Crippen molar-refractivity contribution >= 4 is 41.0 Å². The molecule has 22 heavy (non-hydrogen) atoms. The van der Waals surface area contributed by atoms with Crippen molar-refractivity contribution in [3.05, 3.63) is 24.3 Å². The van der Waals surface area contributed by atoms with Gasteiger partial charge in [0.25, 0.3) is 0 Å². The first kappa shape index (κ1) is 15.7. The number of amides is 2. The molecule has 0 radical (unpaired) electrons. The fourth-order valence-corrected chi connectivity index (χ4v) is 5.00. The van der Waals surface area contributed by atoms with Crippen LogP contribution in [0.2, 0.25) is 0 Å². The molecule has 1 aliphatic heterocycles. The summed E-state index contributed by atoms with van der Waals surface area (Å²) in [4.78, 5) is 26.5. The molecule has 1 saturated carbocycles. The zero-order valence-electron chi connectivity index (χ0n) is 12.4. The standard InChI is InChI=1S/C16H20N2O2S2/c19-15(9-18-11-21-10-16(18)20)17-13-7-3-4-8-14(13)22-12-5-1-2-6-12/h3-4,7-8,12H,1-2,5-6,9-11H2,(H,17,19). The second-order valence-electron chi connectivity index (χ2n) is 5.64. The first-order chi connectivity index (χ1) is 10.7. The molecular weight excluding hydrogens is 316 g/mol. The van der Waals surface area contributed by atoms with Crippen LogP contribution in [-0.2, 0) is 9.59 Å². The van der Waals surface area contributed by atoms with E-state index < -0.39 is 0 Å². The van der Waals surface area contributed by atoms with E-state index in [1.54, 1.807) is 16.7 Å². The highest BCUT2D eigenvalue weighted by atomic mass is 32.2. The lowest BCUT2D eigenvalue weighted by Gasteiger charge is -2.17. The quantitative estimate of drug-likeness (QED) is 0.897. The van der Waals surface area contributed by atoms with E-state index in [2.05, 4.69) is 11.4 Å².